The van der Waals surface area contributed by atoms with Gasteiger partial charge in [0.1, 0.15) is 67.0 Å². The molecule has 6 heterocycles. The molecule has 0 fully saturated rings. The average molecular weight is 1650 g/mol. The zero-order chi connectivity index (χ0) is 87.7. The lowest BCUT2D eigenvalue weighted by molar-refractivity contribution is 0.573. The fourth-order valence-corrected chi connectivity index (χ4v) is 18.2. The predicted molar refractivity (Wildman–Crippen MR) is 540 cm³/mol. The topological polar surface area (TPSA) is 78.8 Å². The lowest BCUT2D eigenvalue weighted by atomic mass is 9.84. The molecule has 0 N–H and O–H groups in total. The van der Waals surface area contributed by atoms with Gasteiger partial charge in [-0.25, -0.2) is 0 Å². The lowest BCUT2D eigenvalue weighted by Gasteiger charge is -2.20. The van der Waals surface area contributed by atoms with Gasteiger partial charge in [0.05, 0.1) is 0 Å². The van der Waals surface area contributed by atoms with Crippen LogP contribution in [0.1, 0.15) is 158 Å². The van der Waals surface area contributed by atoms with Crippen LogP contribution in [0.4, 0.5) is 0 Å². The molecular weight excluding hydrogens is 1540 g/mol. The summed E-state index contributed by atoms with van der Waals surface area (Å²) in [5, 5.41) is 29.3. The Labute approximate surface area is 736 Å². The van der Waals surface area contributed by atoms with Gasteiger partial charge in [-0.1, -0.05) is 349 Å². The molecule has 6 aromatic heterocycles. The van der Waals surface area contributed by atoms with Crippen molar-refractivity contribution < 1.29 is 26.5 Å². The molecule has 0 amide bonds. The van der Waals surface area contributed by atoms with E-state index in [0.717, 1.165) is 67.0 Å². The zero-order valence-corrected chi connectivity index (χ0v) is 75.6. The molecule has 0 spiro atoms. The summed E-state index contributed by atoms with van der Waals surface area (Å²) in [7, 11) is 0. The van der Waals surface area contributed by atoms with Crippen molar-refractivity contribution in [3.63, 3.8) is 0 Å². The molecule has 0 saturated heterocycles. The van der Waals surface area contributed by atoms with Crippen LogP contribution >= 0.6 is 0 Å². The van der Waals surface area contributed by atoms with E-state index in [0.29, 0.717) is 0 Å². The number of benzene rings is 18. The Kier molecular flexibility index (Phi) is 20.3. The van der Waals surface area contributed by atoms with E-state index in [-0.39, 0.29) is 32.5 Å². The van der Waals surface area contributed by atoms with Crippen LogP contribution in [-0.4, -0.2) is 0 Å². The van der Waals surface area contributed by atoms with Gasteiger partial charge in [0.25, 0.3) is 0 Å². The van der Waals surface area contributed by atoms with Crippen LogP contribution in [0.15, 0.2) is 354 Å². The second kappa shape index (κ2) is 31.2. The van der Waals surface area contributed by atoms with Gasteiger partial charge >= 0.3 is 0 Å². The SMILES string of the molecule is CC(C)(C)c1ccc2c(c1)oc1cc3ccccc3cc12.CC(C)(C)c1ccc2oc3c4ccccc4ccc3c2c1.CC(C)(C)c1ccc2oc3cc4ccccc4cc3c2c1.CC(C)(C)c1cccc2c1oc1cc3ccccc3cc12.CC(C)(C)c1cccc2oc3c4ccccc4ccc3c12.CC(C)(C)c1cccc2oc3cc4ccccc4cc3c12. The van der Waals surface area contributed by atoms with E-state index < -0.39 is 0 Å². The largest absolute Gasteiger partial charge is 0.456 e. The molecule has 0 unspecified atom stereocenters. The van der Waals surface area contributed by atoms with E-state index in [4.69, 9.17) is 26.5 Å². The highest BCUT2D eigenvalue weighted by Gasteiger charge is 2.27. The van der Waals surface area contributed by atoms with Crippen molar-refractivity contribution in [2.45, 2.75) is 157 Å². The molecule has 24 rings (SSSR count). The third kappa shape index (κ3) is 15.5. The molecule has 126 heavy (non-hydrogen) atoms. The van der Waals surface area contributed by atoms with E-state index in [1.54, 1.807) is 0 Å². The fraction of sp³-hybridized carbons (Fsp3) is 0.200. The van der Waals surface area contributed by atoms with Gasteiger partial charge in [0.2, 0.25) is 0 Å². The van der Waals surface area contributed by atoms with Gasteiger partial charge < -0.3 is 26.5 Å². The Morgan fingerprint density at radius 2 is 0.421 bits per heavy atom. The van der Waals surface area contributed by atoms with Gasteiger partial charge in [-0.15, -0.1) is 0 Å². The van der Waals surface area contributed by atoms with E-state index in [2.05, 4.69) is 452 Å². The second-order valence-corrected chi connectivity index (χ2v) is 40.4. The minimum atomic E-state index is 0.0762. The highest BCUT2D eigenvalue weighted by molar-refractivity contribution is 6.19. The molecule has 0 atom stereocenters. The molecule has 6 heteroatoms. The average Bonchev–Trinajstić information content (AvgIpc) is 1.61. The summed E-state index contributed by atoms with van der Waals surface area (Å²) in [6, 6.07) is 116. The number of rotatable bonds is 0. The van der Waals surface area contributed by atoms with Crippen LogP contribution in [0.5, 0.6) is 0 Å². The van der Waals surface area contributed by atoms with Crippen LogP contribution < -0.4 is 0 Å². The van der Waals surface area contributed by atoms with Crippen LogP contribution in [0.3, 0.4) is 0 Å². The Bertz CT molecular complexity index is 8210. The molecule has 0 bridgehead atoms. The van der Waals surface area contributed by atoms with Crippen molar-refractivity contribution in [3.8, 4) is 0 Å². The lowest BCUT2D eigenvalue weighted by Crippen LogP contribution is -2.11. The quantitative estimate of drug-likeness (QED) is 0.151. The van der Waals surface area contributed by atoms with E-state index in [1.165, 1.54) is 163 Å². The third-order valence-electron chi connectivity index (χ3n) is 25.2. The number of hydrogen-bond donors (Lipinski definition) is 0. The van der Waals surface area contributed by atoms with Crippen molar-refractivity contribution >= 4 is 196 Å². The molecule has 0 aliphatic rings. The Morgan fingerprint density at radius 1 is 0.143 bits per heavy atom. The Morgan fingerprint density at radius 3 is 0.897 bits per heavy atom. The first kappa shape index (κ1) is 82.0. The second-order valence-electron chi connectivity index (χ2n) is 40.4. The van der Waals surface area contributed by atoms with Crippen molar-refractivity contribution in [2.24, 2.45) is 0 Å². The van der Waals surface area contributed by atoms with Gasteiger partial charge in [-0.05, 0) is 217 Å². The first-order valence-corrected chi connectivity index (χ1v) is 44.3. The number of furan rings is 6. The van der Waals surface area contributed by atoms with E-state index in [9.17, 15) is 0 Å². The maximum atomic E-state index is 6.22. The Balaban J connectivity index is 0.0000000987. The highest BCUT2D eigenvalue weighted by atomic mass is 16.3. The van der Waals surface area contributed by atoms with Crippen molar-refractivity contribution in [1.82, 2.24) is 0 Å². The van der Waals surface area contributed by atoms with Crippen molar-refractivity contribution in [3.05, 3.63) is 361 Å². The molecule has 6 nitrogen and oxygen atoms in total. The minimum absolute atomic E-state index is 0.0762. The Hall–Kier alpha value is -13.7. The van der Waals surface area contributed by atoms with Gasteiger partial charge in [0, 0.05) is 81.0 Å². The van der Waals surface area contributed by atoms with E-state index >= 15 is 0 Å². The number of hydrogen-bond acceptors (Lipinski definition) is 6. The zero-order valence-electron chi connectivity index (χ0n) is 75.6. The maximum Gasteiger partial charge on any atom is 0.143 e. The molecule has 0 saturated carbocycles. The molecule has 624 valence electrons. The summed E-state index contributed by atoms with van der Waals surface area (Å²) in [5.74, 6) is 0. The van der Waals surface area contributed by atoms with Gasteiger partial charge in [-0.2, -0.15) is 0 Å². The molecule has 0 radical (unpaired) electrons. The molecular formula is C120H108O6. The fourth-order valence-electron chi connectivity index (χ4n) is 18.2. The third-order valence-corrected chi connectivity index (χ3v) is 25.2. The summed E-state index contributed by atoms with van der Waals surface area (Å²) < 4.78 is 36.8. The summed E-state index contributed by atoms with van der Waals surface area (Å²) in [5.41, 5.74) is 20.4. The molecule has 0 aliphatic heterocycles. The molecule has 18 aromatic carbocycles. The first-order chi connectivity index (χ1) is 60.2. The number of para-hydroxylation sites is 1. The minimum Gasteiger partial charge on any atom is -0.456 e. The number of fused-ring (bicyclic) bond motifs is 26. The predicted octanol–water partition coefficient (Wildman–Crippen LogP) is 36.2. The maximum absolute atomic E-state index is 6.22. The van der Waals surface area contributed by atoms with Gasteiger partial charge in [-0.3, -0.25) is 0 Å². The smallest absolute Gasteiger partial charge is 0.143 e. The van der Waals surface area contributed by atoms with Crippen LogP contribution in [0.25, 0.3) is 196 Å². The summed E-state index contributed by atoms with van der Waals surface area (Å²) in [4.78, 5) is 0. The van der Waals surface area contributed by atoms with Gasteiger partial charge in [0.15, 0.2) is 0 Å². The molecule has 0 aliphatic carbocycles. The first-order valence-electron chi connectivity index (χ1n) is 44.3. The summed E-state index contributed by atoms with van der Waals surface area (Å²) in [6.45, 7) is 40.3. The van der Waals surface area contributed by atoms with Crippen molar-refractivity contribution in [2.75, 3.05) is 0 Å². The molecule has 24 aromatic rings. The standard InChI is InChI=1S/6C20H18O/c1-20(2,3)16-9-6-10-17-19(16)15-11-13-7-4-5-8-14(13)12-18(15)21-17;1-20(2,3)17-10-6-9-15-16-11-13-7-4-5-8-14(13)12-18(16)21-19(15)17;1-20(2,3)16-9-6-10-17-18(16)15-12-11-13-7-4-5-8-14(13)19(15)21-17;1-20(2,3)14-9-11-18-17(12-14)16-10-8-13-6-4-5-7-15(13)19(16)21-18;1-20(2,3)15-8-9-18-17(12-15)16-10-13-6-4-5-7-14(13)11-19(16)21-18;1-20(2,3)15-8-9-16-17-10-13-6-4-5-7-14(13)11-18(17)21-19(16)12-15/h6*4-12H,1-3H3. The van der Waals surface area contributed by atoms with E-state index in [1.807, 2.05) is 0 Å². The monoisotopic (exact) mass is 1640 g/mol. The summed E-state index contributed by atoms with van der Waals surface area (Å²) in [6.07, 6.45) is 0. The van der Waals surface area contributed by atoms with Crippen LogP contribution in [0.2, 0.25) is 0 Å². The summed E-state index contributed by atoms with van der Waals surface area (Å²) >= 11 is 0. The highest BCUT2D eigenvalue weighted by Crippen LogP contribution is 2.45. The van der Waals surface area contributed by atoms with Crippen LogP contribution in [0, 0.1) is 0 Å². The van der Waals surface area contributed by atoms with Crippen LogP contribution in [-0.2, 0) is 32.5 Å². The normalized spacial score (nSPS) is 12.5. The van der Waals surface area contributed by atoms with Crippen molar-refractivity contribution in [1.29, 1.82) is 0 Å².